The zero-order valence-corrected chi connectivity index (χ0v) is 7.42. The highest BCUT2D eigenvalue weighted by Crippen LogP contribution is 2.25. The average molecular weight is 178 g/mol. The van der Waals surface area contributed by atoms with Gasteiger partial charge < -0.3 is 5.11 Å². The van der Waals surface area contributed by atoms with E-state index in [9.17, 15) is 9.50 Å². The molecule has 13 heavy (non-hydrogen) atoms. The van der Waals surface area contributed by atoms with Crippen molar-refractivity contribution in [1.29, 1.82) is 0 Å². The SMILES string of the molecule is C#C[C@@](O)(CC)c1ccccc1F. The van der Waals surface area contributed by atoms with Crippen LogP contribution < -0.4 is 0 Å². The van der Waals surface area contributed by atoms with E-state index in [-0.39, 0.29) is 5.56 Å². The van der Waals surface area contributed by atoms with Crippen LogP contribution in [0.3, 0.4) is 0 Å². The zero-order valence-electron chi connectivity index (χ0n) is 7.42. The first-order valence-corrected chi connectivity index (χ1v) is 4.09. The predicted octanol–water partition coefficient (Wildman–Crippen LogP) is 2.06. The number of rotatable bonds is 2. The van der Waals surface area contributed by atoms with Crippen LogP contribution in [0, 0.1) is 18.2 Å². The molecular weight excluding hydrogens is 167 g/mol. The second-order valence-electron chi connectivity index (χ2n) is 2.84. The molecule has 2 heteroatoms. The molecule has 1 atom stereocenters. The molecule has 0 fully saturated rings. The Kier molecular flexibility index (Phi) is 2.69. The van der Waals surface area contributed by atoms with Crippen LogP contribution in [0.1, 0.15) is 18.9 Å². The molecule has 0 aromatic heterocycles. The molecular formula is C11H11FO. The fourth-order valence-electron chi connectivity index (χ4n) is 1.17. The maximum absolute atomic E-state index is 13.2. The summed E-state index contributed by atoms with van der Waals surface area (Å²) in [7, 11) is 0. The van der Waals surface area contributed by atoms with Gasteiger partial charge in [0.15, 0.2) is 5.60 Å². The molecule has 0 amide bonds. The molecule has 1 aromatic rings. The minimum absolute atomic E-state index is 0.167. The fourth-order valence-corrected chi connectivity index (χ4v) is 1.17. The van der Waals surface area contributed by atoms with E-state index in [4.69, 9.17) is 6.42 Å². The standard InChI is InChI=1S/C11H11FO/c1-3-11(13,4-2)9-7-5-6-8-10(9)12/h1,5-8,13H,4H2,2H3/t11-/m1/s1. The Morgan fingerprint density at radius 2 is 2.15 bits per heavy atom. The molecule has 0 saturated heterocycles. The Morgan fingerprint density at radius 3 is 2.62 bits per heavy atom. The Balaban J connectivity index is 3.22. The van der Waals surface area contributed by atoms with E-state index in [1.54, 1.807) is 19.1 Å². The summed E-state index contributed by atoms with van der Waals surface area (Å²) in [5.41, 5.74) is -1.31. The molecule has 1 N–H and O–H groups in total. The molecule has 0 unspecified atom stereocenters. The van der Waals surface area contributed by atoms with E-state index in [2.05, 4.69) is 5.92 Å². The molecule has 0 spiro atoms. The Hall–Kier alpha value is -1.33. The first kappa shape index (κ1) is 9.76. The molecule has 0 bridgehead atoms. The van der Waals surface area contributed by atoms with Crippen molar-refractivity contribution in [2.45, 2.75) is 18.9 Å². The maximum Gasteiger partial charge on any atom is 0.153 e. The van der Waals surface area contributed by atoms with Gasteiger partial charge in [0, 0.05) is 5.56 Å². The van der Waals surface area contributed by atoms with Crippen molar-refractivity contribution in [2.24, 2.45) is 0 Å². The van der Waals surface area contributed by atoms with Gasteiger partial charge in [0.05, 0.1) is 0 Å². The summed E-state index contributed by atoms with van der Waals surface area (Å²) in [4.78, 5) is 0. The zero-order chi connectivity index (χ0) is 9.90. The molecule has 1 aromatic carbocycles. The summed E-state index contributed by atoms with van der Waals surface area (Å²) in [6.45, 7) is 1.71. The summed E-state index contributed by atoms with van der Waals surface area (Å²) >= 11 is 0. The number of halogens is 1. The molecule has 1 nitrogen and oxygen atoms in total. The smallest absolute Gasteiger partial charge is 0.153 e. The summed E-state index contributed by atoms with van der Waals surface area (Å²) in [6, 6.07) is 5.99. The monoisotopic (exact) mass is 178 g/mol. The number of hydrogen-bond donors (Lipinski definition) is 1. The second kappa shape index (κ2) is 3.59. The number of benzene rings is 1. The minimum Gasteiger partial charge on any atom is -0.373 e. The van der Waals surface area contributed by atoms with Crippen molar-refractivity contribution in [3.63, 3.8) is 0 Å². The van der Waals surface area contributed by atoms with Crippen molar-refractivity contribution in [1.82, 2.24) is 0 Å². The lowest BCUT2D eigenvalue weighted by molar-refractivity contribution is 0.0920. The normalized spacial score (nSPS) is 14.6. The molecule has 0 saturated carbocycles. The van der Waals surface area contributed by atoms with Crippen molar-refractivity contribution >= 4 is 0 Å². The molecule has 68 valence electrons. The van der Waals surface area contributed by atoms with Crippen molar-refractivity contribution in [2.75, 3.05) is 0 Å². The average Bonchev–Trinajstić information content (AvgIpc) is 2.17. The molecule has 0 heterocycles. The fraction of sp³-hybridized carbons (Fsp3) is 0.273. The summed E-state index contributed by atoms with van der Waals surface area (Å²) in [6.07, 6.45) is 5.45. The minimum atomic E-state index is -1.48. The van der Waals surface area contributed by atoms with Crippen molar-refractivity contribution in [3.8, 4) is 12.3 Å². The van der Waals surface area contributed by atoms with E-state index < -0.39 is 11.4 Å². The molecule has 1 rings (SSSR count). The van der Waals surface area contributed by atoms with E-state index in [1.165, 1.54) is 12.1 Å². The highest BCUT2D eigenvalue weighted by Gasteiger charge is 2.26. The van der Waals surface area contributed by atoms with Gasteiger partial charge in [0.2, 0.25) is 0 Å². The second-order valence-corrected chi connectivity index (χ2v) is 2.84. The third kappa shape index (κ3) is 1.71. The molecule has 0 aliphatic carbocycles. The Bertz CT molecular complexity index is 340. The van der Waals surface area contributed by atoms with Crippen LogP contribution in [0.4, 0.5) is 4.39 Å². The molecule has 0 aliphatic heterocycles. The highest BCUT2D eigenvalue weighted by atomic mass is 19.1. The lowest BCUT2D eigenvalue weighted by Crippen LogP contribution is -2.23. The van der Waals surface area contributed by atoms with Gasteiger partial charge in [-0.1, -0.05) is 31.0 Å². The van der Waals surface area contributed by atoms with Gasteiger partial charge in [-0.15, -0.1) is 6.42 Å². The maximum atomic E-state index is 13.2. The number of hydrogen-bond acceptors (Lipinski definition) is 1. The van der Waals surface area contributed by atoms with Crippen molar-refractivity contribution < 1.29 is 9.50 Å². The summed E-state index contributed by atoms with van der Waals surface area (Å²) < 4.78 is 13.2. The van der Waals surface area contributed by atoms with Gasteiger partial charge in [-0.3, -0.25) is 0 Å². The quantitative estimate of drug-likeness (QED) is 0.687. The largest absolute Gasteiger partial charge is 0.373 e. The van der Waals surface area contributed by atoms with Crippen LogP contribution in [-0.2, 0) is 5.60 Å². The van der Waals surface area contributed by atoms with Gasteiger partial charge in [-0.25, -0.2) is 4.39 Å². The molecule has 0 aliphatic rings. The number of terminal acetylenes is 1. The first-order chi connectivity index (χ1) is 6.14. The van der Waals surface area contributed by atoms with Gasteiger partial charge in [0.1, 0.15) is 5.82 Å². The third-order valence-corrected chi connectivity index (χ3v) is 2.07. The summed E-state index contributed by atoms with van der Waals surface area (Å²) in [5.74, 6) is 1.73. The van der Waals surface area contributed by atoms with Crippen LogP contribution in [0.2, 0.25) is 0 Å². The third-order valence-electron chi connectivity index (χ3n) is 2.07. The van der Waals surface area contributed by atoms with E-state index >= 15 is 0 Å². The predicted molar refractivity (Wildman–Crippen MR) is 49.4 cm³/mol. The van der Waals surface area contributed by atoms with Crippen LogP contribution >= 0.6 is 0 Å². The van der Waals surface area contributed by atoms with Gasteiger partial charge >= 0.3 is 0 Å². The van der Waals surface area contributed by atoms with Crippen LogP contribution in [-0.4, -0.2) is 5.11 Å². The van der Waals surface area contributed by atoms with E-state index in [0.29, 0.717) is 6.42 Å². The van der Waals surface area contributed by atoms with Crippen LogP contribution in [0.25, 0.3) is 0 Å². The van der Waals surface area contributed by atoms with Crippen LogP contribution in [0.15, 0.2) is 24.3 Å². The number of aliphatic hydroxyl groups is 1. The van der Waals surface area contributed by atoms with Gasteiger partial charge in [-0.05, 0) is 12.5 Å². The lowest BCUT2D eigenvalue weighted by Gasteiger charge is -2.20. The lowest BCUT2D eigenvalue weighted by atomic mass is 9.92. The van der Waals surface area contributed by atoms with E-state index in [0.717, 1.165) is 0 Å². The van der Waals surface area contributed by atoms with Gasteiger partial charge in [0.25, 0.3) is 0 Å². The van der Waals surface area contributed by atoms with Crippen LogP contribution in [0.5, 0.6) is 0 Å². The van der Waals surface area contributed by atoms with Crippen molar-refractivity contribution in [3.05, 3.63) is 35.6 Å². The highest BCUT2D eigenvalue weighted by molar-refractivity contribution is 5.31. The van der Waals surface area contributed by atoms with Gasteiger partial charge in [-0.2, -0.15) is 0 Å². The van der Waals surface area contributed by atoms with E-state index in [1.807, 2.05) is 0 Å². The molecule has 0 radical (unpaired) electrons. The Morgan fingerprint density at radius 1 is 1.54 bits per heavy atom. The topological polar surface area (TPSA) is 20.2 Å². The Labute approximate surface area is 77.2 Å². The first-order valence-electron chi connectivity index (χ1n) is 4.09. The summed E-state index contributed by atoms with van der Waals surface area (Å²) in [5, 5.41) is 9.80.